The van der Waals surface area contributed by atoms with Gasteiger partial charge in [-0.1, -0.05) is 77.0 Å². The van der Waals surface area contributed by atoms with Crippen LogP contribution in [-0.4, -0.2) is 110 Å². The molecular weight excluding hydrogens is 1320 g/mol. The average Bonchev–Trinajstić information content (AvgIpc) is 1.62. The minimum absolute atomic E-state index is 0.0105. The number of hydrogen-bond acceptors (Lipinski definition) is 22. The Kier molecular flexibility index (Phi) is 17.4. The summed E-state index contributed by atoms with van der Waals surface area (Å²) in [6.07, 6.45) is -8.12. The molecule has 0 aliphatic carbocycles. The van der Waals surface area contributed by atoms with Crippen LogP contribution in [0.15, 0.2) is 187 Å². The van der Waals surface area contributed by atoms with Crippen LogP contribution in [-0.2, 0) is 41.2 Å². The van der Waals surface area contributed by atoms with Gasteiger partial charge >= 0.3 is 48.2 Å². The van der Waals surface area contributed by atoms with Crippen molar-refractivity contribution in [1.82, 2.24) is 73.3 Å². The van der Waals surface area contributed by atoms with Crippen molar-refractivity contribution in [2.75, 3.05) is 22.6 Å². The zero-order valence-corrected chi connectivity index (χ0v) is 53.2. The van der Waals surface area contributed by atoms with Crippen LogP contribution in [0.4, 0.5) is 39.8 Å². The van der Waals surface area contributed by atoms with E-state index < -0.39 is 30.1 Å². The van der Waals surface area contributed by atoms with Gasteiger partial charge in [-0.05, 0) is 161 Å². The van der Waals surface area contributed by atoms with Gasteiger partial charge in [-0.2, -0.15) is 36.9 Å². The van der Waals surface area contributed by atoms with E-state index in [0.29, 0.717) is 61.2 Å². The van der Waals surface area contributed by atoms with Gasteiger partial charge in [-0.3, -0.25) is 19.5 Å². The number of carbonyl (C=O) groups excluding carboxylic acids is 3. The van der Waals surface area contributed by atoms with Gasteiger partial charge < -0.3 is 43.6 Å². The second kappa shape index (κ2) is 27.1. The third-order valence-corrected chi connectivity index (χ3v) is 15.7. The maximum Gasteiger partial charge on any atom is 0.482 e. The zero-order valence-electron chi connectivity index (χ0n) is 52.4. The number of para-hydroxylation sites is 2. The van der Waals surface area contributed by atoms with E-state index in [1.165, 1.54) is 93.8 Å². The number of fused-ring (bicyclic) bond motifs is 3. The summed E-state index contributed by atoms with van der Waals surface area (Å²) >= 11 is 1.27. The van der Waals surface area contributed by atoms with Crippen LogP contribution in [0, 0.1) is 6.92 Å². The summed E-state index contributed by atoms with van der Waals surface area (Å²) < 4.78 is 112. The van der Waals surface area contributed by atoms with Gasteiger partial charge in [0, 0.05) is 13.1 Å². The summed E-state index contributed by atoms with van der Waals surface area (Å²) in [6, 6.07) is 46.7. The number of benzene rings is 5. The summed E-state index contributed by atoms with van der Waals surface area (Å²) in [5.41, 5.74) is 6.88. The van der Waals surface area contributed by atoms with Crippen molar-refractivity contribution in [3.05, 3.63) is 205 Å². The van der Waals surface area contributed by atoms with Crippen molar-refractivity contribution in [2.24, 2.45) is 7.05 Å². The van der Waals surface area contributed by atoms with Crippen molar-refractivity contribution >= 4 is 80.0 Å². The lowest BCUT2D eigenvalue weighted by Gasteiger charge is -2.18. The number of aryl methyl sites for hydroxylation is 2. The Morgan fingerprint density at radius 1 is 0.530 bits per heavy atom. The van der Waals surface area contributed by atoms with Gasteiger partial charge in [0.15, 0.2) is 5.82 Å². The molecule has 0 aliphatic heterocycles. The number of nitrogens with zero attached hydrogens (tertiary/aromatic N) is 15. The Hall–Kier alpha value is -13.2. The van der Waals surface area contributed by atoms with Crippen molar-refractivity contribution < 1.29 is 64.9 Å². The molecule has 3 amide bonds. The number of pyridine rings is 3. The van der Waals surface area contributed by atoms with Gasteiger partial charge in [0.2, 0.25) is 0 Å². The number of anilines is 3. The molecule has 9 aromatic heterocycles. The van der Waals surface area contributed by atoms with Gasteiger partial charge in [-0.15, -0.1) is 0 Å². The normalized spacial score (nSPS) is 11.6. The van der Waals surface area contributed by atoms with Crippen LogP contribution in [0.25, 0.3) is 72.1 Å². The molecular formula is C67H50F4N18O10S. The van der Waals surface area contributed by atoms with E-state index in [2.05, 4.69) is 65.9 Å². The number of halogens is 4. The lowest BCUT2D eigenvalue weighted by Crippen LogP contribution is -2.40. The van der Waals surface area contributed by atoms with E-state index in [0.717, 1.165) is 16.2 Å². The highest BCUT2D eigenvalue weighted by Crippen LogP contribution is 2.37. The largest absolute Gasteiger partial charge is 0.482 e. The van der Waals surface area contributed by atoms with Crippen molar-refractivity contribution in [2.45, 2.75) is 45.9 Å². The molecule has 0 unspecified atom stereocenters. The molecule has 5 aromatic carbocycles. The SMILES string of the molecule is CCOC(=O)Nc1cccc(COc2nc3ccc(-c4cccc(OC(F)(F)C(=O)Nc5cccc(COc6nc7cc(-c8cccc(OC(F)(F)C(=O)Nc9cccc(COc%10nc%11ccccc%11n%10-c%10cc(C)ns%10)n9)c8)ccc7n6-c6ccon6)n5)c4)cc3n2-c2nnnn2C)n1. The van der Waals surface area contributed by atoms with Crippen molar-refractivity contribution in [1.29, 1.82) is 0 Å². The first kappa shape index (κ1) is 64.2. The first-order valence-electron chi connectivity index (χ1n) is 30.2. The molecule has 0 atom stereocenters. The molecule has 0 bridgehead atoms. The molecule has 100 heavy (non-hydrogen) atoms. The van der Waals surface area contributed by atoms with Gasteiger partial charge in [0.25, 0.3) is 5.95 Å². The molecule has 28 nitrogen and oxygen atoms in total. The molecule has 502 valence electrons. The lowest BCUT2D eigenvalue weighted by atomic mass is 10.0. The molecule has 9 heterocycles. The zero-order chi connectivity index (χ0) is 69.1. The minimum atomic E-state index is -4.42. The fraction of sp³-hybridized carbons (Fsp3) is 0.134. The van der Waals surface area contributed by atoms with Crippen LogP contribution < -0.4 is 39.6 Å². The monoisotopic (exact) mass is 1370 g/mol. The fourth-order valence-corrected chi connectivity index (χ4v) is 11.2. The molecule has 0 spiro atoms. The maximum absolute atomic E-state index is 15.8. The Morgan fingerprint density at radius 2 is 1.06 bits per heavy atom. The average molecular weight is 1380 g/mol. The fourth-order valence-electron chi connectivity index (χ4n) is 10.4. The molecule has 0 radical (unpaired) electrons. The van der Waals surface area contributed by atoms with Crippen molar-refractivity contribution in [3.8, 4) is 68.6 Å². The number of nitrogens with one attached hydrogen (secondary N) is 3. The minimum Gasteiger partial charge on any atom is -0.458 e. The van der Waals surface area contributed by atoms with Crippen LogP contribution in [0.2, 0.25) is 0 Å². The summed E-state index contributed by atoms with van der Waals surface area (Å²) in [6.45, 7) is 3.23. The molecule has 14 rings (SSSR count). The van der Waals surface area contributed by atoms with E-state index in [1.54, 1.807) is 97.4 Å². The number of rotatable bonds is 24. The number of carbonyl (C=O) groups is 3. The molecule has 0 saturated carbocycles. The highest BCUT2D eigenvalue weighted by molar-refractivity contribution is 7.08. The van der Waals surface area contributed by atoms with Crippen LogP contribution >= 0.6 is 11.5 Å². The highest BCUT2D eigenvalue weighted by atomic mass is 32.1. The number of tetrazole rings is 1. The topological polar surface area (TPSA) is 317 Å². The number of hydrogen-bond donors (Lipinski definition) is 3. The Morgan fingerprint density at radius 3 is 1.63 bits per heavy atom. The summed E-state index contributed by atoms with van der Waals surface area (Å²) in [4.78, 5) is 65.5. The number of aromatic nitrogens is 15. The Labute approximate surface area is 564 Å². The predicted octanol–water partition coefficient (Wildman–Crippen LogP) is 12.0. The smallest absolute Gasteiger partial charge is 0.458 e. The molecule has 14 aromatic rings. The van der Waals surface area contributed by atoms with Crippen LogP contribution in [0.5, 0.6) is 29.5 Å². The van der Waals surface area contributed by atoms with E-state index >= 15 is 17.6 Å². The van der Waals surface area contributed by atoms with Gasteiger partial charge in [0.1, 0.15) is 60.0 Å². The molecule has 3 N–H and O–H groups in total. The third-order valence-electron chi connectivity index (χ3n) is 14.9. The van der Waals surface area contributed by atoms with Crippen LogP contribution in [0.1, 0.15) is 29.7 Å². The number of imidazole rings is 3. The number of alkyl halides is 4. The Balaban J connectivity index is 0.617. The second-order valence-corrected chi connectivity index (χ2v) is 22.6. The third kappa shape index (κ3) is 13.8. The molecule has 0 saturated heterocycles. The first-order valence-corrected chi connectivity index (χ1v) is 31.0. The van der Waals surface area contributed by atoms with E-state index in [4.69, 9.17) is 37.9 Å². The summed E-state index contributed by atoms with van der Waals surface area (Å²) in [7, 11) is 1.62. The van der Waals surface area contributed by atoms with Gasteiger partial charge in [0.05, 0.1) is 62.5 Å². The van der Waals surface area contributed by atoms with Crippen LogP contribution in [0.3, 0.4) is 0 Å². The lowest BCUT2D eigenvalue weighted by molar-refractivity contribution is -0.187. The predicted molar refractivity (Wildman–Crippen MR) is 352 cm³/mol. The Bertz CT molecular complexity index is 5390. The highest BCUT2D eigenvalue weighted by Gasteiger charge is 2.44. The maximum atomic E-state index is 15.8. The molecule has 33 heteroatoms. The first-order chi connectivity index (χ1) is 48.5. The molecule has 0 aliphatic rings. The van der Waals surface area contributed by atoms with Crippen molar-refractivity contribution in [3.63, 3.8) is 0 Å². The quantitative estimate of drug-likeness (QED) is 0.0473. The number of ether oxygens (including phenoxy) is 6. The van der Waals surface area contributed by atoms with E-state index in [1.807, 2.05) is 41.8 Å². The summed E-state index contributed by atoms with van der Waals surface area (Å²) in [5, 5.41) is 23.6. The van der Waals surface area contributed by atoms with E-state index in [9.17, 15) is 14.4 Å². The number of amides is 3. The van der Waals surface area contributed by atoms with Gasteiger partial charge in [-0.25, -0.2) is 33.6 Å². The standard InChI is InChI=1S/C67H50F4N18O10S/c1-4-93-65(92)80-56-23-11-16-45(74-56)37-96-64-76-49-26-24-42(34-53(49)89(64)61-81-84-85-86(61)3)40-13-8-18-47(32-40)99-67(70,71)60(91)78-54-21-9-14-43(72-54)35-94-62-77-50-33-41(25-27-52(50)87(62)57-28-29-97-82-57)39-12-7-17-46(31-39)98-66(68,69)59(90)79-55-22-10-15-44(73-55)36-95-63-75-48-19-5-6-20-51(48)88(63)58-30-38(2)83-100-58/h5-34H,4,35-37H2,1-3H3,(H,72,78,91)(H,73,79,90)(H,74,80,92). The molecule has 0 fully saturated rings. The summed E-state index contributed by atoms with van der Waals surface area (Å²) in [5.74, 6) is -3.98. The van der Waals surface area contributed by atoms with E-state index in [-0.39, 0.29) is 90.9 Å². The second-order valence-electron chi connectivity index (χ2n) is 21.8.